The summed E-state index contributed by atoms with van der Waals surface area (Å²) in [6, 6.07) is 0. The quantitative estimate of drug-likeness (QED) is 0.744. The van der Waals surface area contributed by atoms with E-state index in [1.165, 1.54) is 5.56 Å². The third kappa shape index (κ3) is 1.52. The van der Waals surface area contributed by atoms with Gasteiger partial charge in [0.25, 0.3) is 0 Å². The second-order valence-corrected chi connectivity index (χ2v) is 4.15. The predicted octanol–water partition coefficient (Wildman–Crippen LogP) is 3.22. The van der Waals surface area contributed by atoms with Crippen molar-refractivity contribution in [3.8, 4) is 5.75 Å². The van der Waals surface area contributed by atoms with E-state index >= 15 is 0 Å². The van der Waals surface area contributed by atoms with Crippen molar-refractivity contribution in [2.75, 3.05) is 6.61 Å². The zero-order chi connectivity index (χ0) is 7.56. The fraction of sp³-hybridized carbons (Fsp3) is 0.429. The first-order valence-corrected chi connectivity index (χ1v) is 4.79. The van der Waals surface area contributed by atoms with Crippen molar-refractivity contribution in [2.24, 2.45) is 0 Å². The topological polar surface area (TPSA) is 9.23 Å². The Morgan fingerprint density at radius 2 is 2.40 bits per heavy atom. The smallest absolute Gasteiger partial charge is 0.147 e. The first kappa shape index (κ1) is 8.08. The summed E-state index contributed by atoms with van der Waals surface area (Å²) in [7, 11) is 0. The minimum absolute atomic E-state index is 0.732. The van der Waals surface area contributed by atoms with Crippen LogP contribution in [0.3, 0.4) is 0 Å². The second-order valence-electron chi connectivity index (χ2n) is 1.95. The predicted molar refractivity (Wildman–Crippen MR) is 47.9 cm³/mol. The molecule has 0 fully saturated rings. The molecule has 0 aliphatic heterocycles. The van der Waals surface area contributed by atoms with Crippen molar-refractivity contribution in [1.82, 2.24) is 0 Å². The zero-order valence-electron chi connectivity index (χ0n) is 5.98. The largest absolute Gasteiger partial charge is 0.492 e. The van der Waals surface area contributed by atoms with Crippen molar-refractivity contribution in [1.29, 1.82) is 0 Å². The zero-order valence-corrected chi connectivity index (χ0v) is 8.38. The van der Waals surface area contributed by atoms with Gasteiger partial charge in [0.1, 0.15) is 9.54 Å². The highest BCUT2D eigenvalue weighted by Crippen LogP contribution is 2.34. The number of hydrogen-bond acceptors (Lipinski definition) is 2. The highest BCUT2D eigenvalue weighted by Gasteiger charge is 2.05. The van der Waals surface area contributed by atoms with Gasteiger partial charge >= 0.3 is 0 Å². The highest BCUT2D eigenvalue weighted by atomic mass is 79.9. The molecule has 1 aromatic rings. The maximum Gasteiger partial charge on any atom is 0.147 e. The summed E-state index contributed by atoms with van der Waals surface area (Å²) in [4.78, 5) is 0. The van der Waals surface area contributed by atoms with Crippen molar-refractivity contribution in [3.63, 3.8) is 0 Å². The Morgan fingerprint density at radius 3 is 2.80 bits per heavy atom. The van der Waals surface area contributed by atoms with Gasteiger partial charge in [-0.3, -0.25) is 0 Å². The molecule has 0 N–H and O–H groups in total. The summed E-state index contributed by atoms with van der Waals surface area (Å²) < 4.78 is 6.46. The van der Waals surface area contributed by atoms with E-state index in [9.17, 15) is 0 Å². The van der Waals surface area contributed by atoms with Crippen molar-refractivity contribution in [2.45, 2.75) is 13.8 Å². The third-order valence-corrected chi connectivity index (χ3v) is 2.95. The van der Waals surface area contributed by atoms with Crippen molar-refractivity contribution in [3.05, 3.63) is 14.7 Å². The molecule has 56 valence electrons. The number of ether oxygens (including phenoxy) is 1. The molecule has 1 nitrogen and oxygen atoms in total. The first-order valence-electron chi connectivity index (χ1n) is 3.12. The summed E-state index contributed by atoms with van der Waals surface area (Å²) in [6.45, 7) is 4.77. The number of hydrogen-bond donors (Lipinski definition) is 0. The molecule has 1 heterocycles. The van der Waals surface area contributed by atoms with Crippen LogP contribution in [0.2, 0.25) is 0 Å². The normalized spacial score (nSPS) is 9.90. The SMILES string of the molecule is CCOc1c(C)csc1Br. The van der Waals surface area contributed by atoms with Crippen LogP contribution in [0.15, 0.2) is 9.17 Å². The molecule has 1 rings (SSSR count). The lowest BCUT2D eigenvalue weighted by Crippen LogP contribution is -1.91. The van der Waals surface area contributed by atoms with Gasteiger partial charge in [-0.15, -0.1) is 11.3 Å². The Labute approximate surface area is 73.1 Å². The van der Waals surface area contributed by atoms with E-state index in [4.69, 9.17) is 4.74 Å². The molecule has 0 amide bonds. The van der Waals surface area contributed by atoms with E-state index in [-0.39, 0.29) is 0 Å². The van der Waals surface area contributed by atoms with Gasteiger partial charge in [0, 0.05) is 5.56 Å². The van der Waals surface area contributed by atoms with Crippen LogP contribution in [-0.4, -0.2) is 6.61 Å². The molecule has 1 aromatic heterocycles. The number of thiophene rings is 1. The summed E-state index contributed by atoms with van der Waals surface area (Å²) in [5, 5.41) is 2.08. The fourth-order valence-electron chi connectivity index (χ4n) is 0.717. The van der Waals surface area contributed by atoms with Gasteiger partial charge in [0.2, 0.25) is 0 Å². The molecule has 0 saturated carbocycles. The average molecular weight is 221 g/mol. The standard InChI is InChI=1S/C7H9BrOS/c1-3-9-6-5(2)4-10-7(6)8/h4H,3H2,1-2H3. The van der Waals surface area contributed by atoms with E-state index in [0.717, 1.165) is 16.1 Å². The van der Waals surface area contributed by atoms with Gasteiger partial charge in [0.15, 0.2) is 0 Å². The maximum absolute atomic E-state index is 5.37. The van der Waals surface area contributed by atoms with Crippen LogP contribution in [0.1, 0.15) is 12.5 Å². The molecule has 0 saturated heterocycles. The van der Waals surface area contributed by atoms with E-state index in [2.05, 4.69) is 21.3 Å². The Morgan fingerprint density at radius 1 is 1.70 bits per heavy atom. The van der Waals surface area contributed by atoms with Crippen LogP contribution in [0.25, 0.3) is 0 Å². The van der Waals surface area contributed by atoms with E-state index in [0.29, 0.717) is 0 Å². The molecule has 0 aromatic carbocycles. The van der Waals surface area contributed by atoms with Crippen LogP contribution >= 0.6 is 27.3 Å². The van der Waals surface area contributed by atoms with Crippen LogP contribution in [-0.2, 0) is 0 Å². The number of aryl methyl sites for hydroxylation is 1. The Hall–Kier alpha value is -0.0200. The van der Waals surface area contributed by atoms with Gasteiger partial charge < -0.3 is 4.74 Å². The lowest BCUT2D eigenvalue weighted by atomic mass is 10.4. The van der Waals surface area contributed by atoms with Gasteiger partial charge in [-0.2, -0.15) is 0 Å². The Kier molecular flexibility index (Phi) is 2.74. The molecule has 0 bridgehead atoms. The van der Waals surface area contributed by atoms with Crippen molar-refractivity contribution >= 4 is 27.3 Å². The van der Waals surface area contributed by atoms with Gasteiger partial charge in [0.05, 0.1) is 6.61 Å². The molecule has 10 heavy (non-hydrogen) atoms. The molecule has 0 unspecified atom stereocenters. The van der Waals surface area contributed by atoms with Gasteiger partial charge in [-0.1, -0.05) is 0 Å². The van der Waals surface area contributed by atoms with E-state index in [1.54, 1.807) is 11.3 Å². The average Bonchev–Trinajstić information content (AvgIpc) is 2.20. The summed E-state index contributed by atoms with van der Waals surface area (Å²) in [5.74, 6) is 0.993. The van der Waals surface area contributed by atoms with Crippen LogP contribution in [0.4, 0.5) is 0 Å². The minimum Gasteiger partial charge on any atom is -0.492 e. The maximum atomic E-state index is 5.37. The van der Waals surface area contributed by atoms with Gasteiger partial charge in [-0.05, 0) is 35.2 Å². The summed E-state index contributed by atoms with van der Waals surface area (Å²) in [6.07, 6.45) is 0. The van der Waals surface area contributed by atoms with Gasteiger partial charge in [-0.25, -0.2) is 0 Å². The Balaban J connectivity index is 2.87. The molecule has 0 atom stereocenters. The Bertz CT molecular complexity index is 200. The first-order chi connectivity index (χ1) is 4.75. The monoisotopic (exact) mass is 220 g/mol. The molecule has 0 aliphatic rings. The van der Waals surface area contributed by atoms with Crippen LogP contribution in [0, 0.1) is 6.92 Å². The number of halogens is 1. The van der Waals surface area contributed by atoms with E-state index in [1.807, 2.05) is 13.8 Å². The molecular formula is C7H9BrOS. The summed E-state index contributed by atoms with van der Waals surface area (Å²) in [5.41, 5.74) is 1.21. The summed E-state index contributed by atoms with van der Waals surface area (Å²) >= 11 is 5.07. The lowest BCUT2D eigenvalue weighted by molar-refractivity contribution is 0.337. The molecule has 0 spiro atoms. The highest BCUT2D eigenvalue weighted by molar-refractivity contribution is 9.11. The lowest BCUT2D eigenvalue weighted by Gasteiger charge is -2.00. The minimum atomic E-state index is 0.732. The fourth-order valence-corrected chi connectivity index (χ4v) is 2.14. The van der Waals surface area contributed by atoms with Crippen LogP contribution in [0.5, 0.6) is 5.75 Å². The molecule has 3 heteroatoms. The second kappa shape index (κ2) is 3.39. The van der Waals surface area contributed by atoms with Crippen LogP contribution < -0.4 is 4.74 Å². The molecule has 0 radical (unpaired) electrons. The molecule has 0 aliphatic carbocycles. The van der Waals surface area contributed by atoms with Crippen molar-refractivity contribution < 1.29 is 4.74 Å². The molecular weight excluding hydrogens is 212 g/mol. The number of rotatable bonds is 2. The van der Waals surface area contributed by atoms with E-state index < -0.39 is 0 Å². The third-order valence-electron chi connectivity index (χ3n) is 1.16.